The Kier molecular flexibility index (Phi) is 6.63. The van der Waals surface area contributed by atoms with Crippen molar-refractivity contribution in [3.05, 3.63) is 0 Å². The Morgan fingerprint density at radius 1 is 1.12 bits per heavy atom. The van der Waals surface area contributed by atoms with Gasteiger partial charge in [-0.25, -0.2) is 0 Å². The third-order valence-corrected chi connectivity index (χ3v) is 5.60. The average molecular weight is 338 g/mol. The van der Waals surface area contributed by atoms with Gasteiger partial charge in [0, 0.05) is 26.1 Å². The molecule has 2 fully saturated rings. The summed E-state index contributed by atoms with van der Waals surface area (Å²) in [6.07, 6.45) is 4.82. The van der Waals surface area contributed by atoms with E-state index < -0.39 is 0 Å². The van der Waals surface area contributed by atoms with Crippen molar-refractivity contribution in [1.29, 1.82) is 0 Å². The van der Waals surface area contributed by atoms with Crippen molar-refractivity contribution in [3.63, 3.8) is 0 Å². The van der Waals surface area contributed by atoms with Crippen LogP contribution in [-0.4, -0.2) is 48.4 Å². The van der Waals surface area contributed by atoms with Gasteiger partial charge in [-0.3, -0.25) is 14.4 Å². The number of hydrogen-bond donors (Lipinski definition) is 1. The molecule has 2 amide bonds. The number of amides is 2. The third-order valence-electron chi connectivity index (χ3n) is 5.60. The Labute approximate surface area is 144 Å². The SMILES string of the molecule is CC(=O)N1CCCC(C(=O)OCC(=O)NC2CCCC(C)C2C)C1. The van der Waals surface area contributed by atoms with E-state index in [0.29, 0.717) is 31.3 Å². The highest BCUT2D eigenvalue weighted by molar-refractivity contribution is 5.82. The van der Waals surface area contributed by atoms with E-state index in [0.717, 1.165) is 19.3 Å². The topological polar surface area (TPSA) is 75.7 Å². The summed E-state index contributed by atoms with van der Waals surface area (Å²) in [5.41, 5.74) is 0. The van der Waals surface area contributed by atoms with Crippen molar-refractivity contribution in [1.82, 2.24) is 10.2 Å². The van der Waals surface area contributed by atoms with Crippen LogP contribution in [0.1, 0.15) is 52.9 Å². The van der Waals surface area contributed by atoms with Gasteiger partial charge in [0.25, 0.3) is 5.91 Å². The van der Waals surface area contributed by atoms with Crippen LogP contribution in [0.4, 0.5) is 0 Å². The molecule has 1 heterocycles. The lowest BCUT2D eigenvalue weighted by Crippen LogP contribution is -2.46. The number of carbonyl (C=O) groups is 3. The summed E-state index contributed by atoms with van der Waals surface area (Å²) >= 11 is 0. The summed E-state index contributed by atoms with van der Waals surface area (Å²) in [4.78, 5) is 37.3. The van der Waals surface area contributed by atoms with Crippen LogP contribution >= 0.6 is 0 Å². The molecule has 0 radical (unpaired) electrons. The molecule has 24 heavy (non-hydrogen) atoms. The summed E-state index contributed by atoms with van der Waals surface area (Å²) in [6, 6.07) is 0.169. The van der Waals surface area contributed by atoms with Crippen molar-refractivity contribution in [2.24, 2.45) is 17.8 Å². The number of likely N-dealkylation sites (tertiary alicyclic amines) is 1. The van der Waals surface area contributed by atoms with Gasteiger partial charge in [0.05, 0.1) is 5.92 Å². The summed E-state index contributed by atoms with van der Waals surface area (Å²) in [7, 11) is 0. The number of esters is 1. The Morgan fingerprint density at radius 3 is 2.58 bits per heavy atom. The van der Waals surface area contributed by atoms with Crippen LogP contribution in [-0.2, 0) is 19.1 Å². The van der Waals surface area contributed by atoms with Gasteiger partial charge in [-0.05, 0) is 31.1 Å². The predicted octanol–water partition coefficient (Wildman–Crippen LogP) is 1.73. The highest BCUT2D eigenvalue weighted by Crippen LogP contribution is 2.29. The number of piperidine rings is 1. The molecule has 0 aromatic heterocycles. The zero-order valence-electron chi connectivity index (χ0n) is 15.0. The number of hydrogen-bond acceptors (Lipinski definition) is 4. The summed E-state index contributed by atoms with van der Waals surface area (Å²) in [5.74, 6) is 0.108. The molecular formula is C18H30N2O4. The van der Waals surface area contributed by atoms with E-state index in [1.165, 1.54) is 13.3 Å². The van der Waals surface area contributed by atoms with Crippen LogP contribution in [0.25, 0.3) is 0 Å². The molecule has 0 bridgehead atoms. The molecule has 2 aliphatic rings. The molecule has 1 N–H and O–H groups in total. The molecule has 2 rings (SSSR count). The van der Waals surface area contributed by atoms with Crippen LogP contribution in [0.5, 0.6) is 0 Å². The zero-order chi connectivity index (χ0) is 17.7. The molecule has 4 unspecified atom stereocenters. The minimum absolute atomic E-state index is 0.0225. The first-order valence-corrected chi connectivity index (χ1v) is 9.10. The van der Waals surface area contributed by atoms with E-state index in [-0.39, 0.29) is 36.4 Å². The van der Waals surface area contributed by atoms with E-state index in [9.17, 15) is 14.4 Å². The standard InChI is InChI=1S/C18H30N2O4/c1-12-6-4-8-16(13(12)2)19-17(22)11-24-18(23)15-7-5-9-20(10-15)14(3)21/h12-13,15-16H,4-11H2,1-3H3,(H,19,22). The Balaban J connectivity index is 1.75. The third kappa shape index (κ3) is 4.95. The fraction of sp³-hybridized carbons (Fsp3) is 0.833. The van der Waals surface area contributed by atoms with Gasteiger partial charge in [0.15, 0.2) is 6.61 Å². The first kappa shape index (κ1) is 18.7. The van der Waals surface area contributed by atoms with Gasteiger partial charge in [0.1, 0.15) is 0 Å². The van der Waals surface area contributed by atoms with Crippen molar-refractivity contribution in [2.45, 2.75) is 58.9 Å². The molecule has 6 nitrogen and oxygen atoms in total. The molecule has 4 atom stereocenters. The predicted molar refractivity (Wildman–Crippen MR) is 90.0 cm³/mol. The molecule has 6 heteroatoms. The molecule has 1 saturated heterocycles. The summed E-state index contributed by atoms with van der Waals surface area (Å²) < 4.78 is 5.19. The lowest BCUT2D eigenvalue weighted by atomic mass is 9.78. The van der Waals surface area contributed by atoms with Gasteiger partial charge >= 0.3 is 5.97 Å². The summed E-state index contributed by atoms with van der Waals surface area (Å²) in [6.45, 7) is 6.75. The molecule has 0 aromatic rings. The van der Waals surface area contributed by atoms with Crippen LogP contribution in [0.3, 0.4) is 0 Å². The zero-order valence-corrected chi connectivity index (χ0v) is 15.0. The van der Waals surface area contributed by atoms with E-state index in [4.69, 9.17) is 4.74 Å². The molecule has 0 aromatic carbocycles. The van der Waals surface area contributed by atoms with Crippen LogP contribution in [0.2, 0.25) is 0 Å². The van der Waals surface area contributed by atoms with Gasteiger partial charge in [-0.15, -0.1) is 0 Å². The van der Waals surface area contributed by atoms with Gasteiger partial charge in [0.2, 0.25) is 5.91 Å². The first-order valence-electron chi connectivity index (χ1n) is 9.10. The highest BCUT2D eigenvalue weighted by atomic mass is 16.5. The normalized spacial score (nSPS) is 30.5. The maximum absolute atomic E-state index is 12.1. The quantitative estimate of drug-likeness (QED) is 0.792. The fourth-order valence-electron chi connectivity index (χ4n) is 3.74. The molecule has 1 saturated carbocycles. The van der Waals surface area contributed by atoms with E-state index in [2.05, 4.69) is 19.2 Å². The number of nitrogens with one attached hydrogen (secondary N) is 1. The van der Waals surface area contributed by atoms with Crippen LogP contribution < -0.4 is 5.32 Å². The number of carbonyl (C=O) groups excluding carboxylic acids is 3. The van der Waals surface area contributed by atoms with E-state index >= 15 is 0 Å². The van der Waals surface area contributed by atoms with Gasteiger partial charge < -0.3 is 15.0 Å². The smallest absolute Gasteiger partial charge is 0.311 e. The average Bonchev–Trinajstić information content (AvgIpc) is 2.57. The Morgan fingerprint density at radius 2 is 1.88 bits per heavy atom. The maximum Gasteiger partial charge on any atom is 0.311 e. The second-order valence-corrected chi connectivity index (χ2v) is 7.35. The number of rotatable bonds is 4. The van der Waals surface area contributed by atoms with Crippen LogP contribution in [0.15, 0.2) is 0 Å². The van der Waals surface area contributed by atoms with Gasteiger partial charge in [-0.1, -0.05) is 26.7 Å². The van der Waals surface area contributed by atoms with Crippen molar-refractivity contribution >= 4 is 17.8 Å². The van der Waals surface area contributed by atoms with E-state index in [1.807, 2.05) is 0 Å². The van der Waals surface area contributed by atoms with Crippen molar-refractivity contribution in [3.8, 4) is 0 Å². The second-order valence-electron chi connectivity index (χ2n) is 7.35. The molecule has 136 valence electrons. The fourth-order valence-corrected chi connectivity index (χ4v) is 3.74. The van der Waals surface area contributed by atoms with E-state index in [1.54, 1.807) is 4.90 Å². The lowest BCUT2D eigenvalue weighted by molar-refractivity contribution is -0.155. The Bertz CT molecular complexity index is 480. The Hall–Kier alpha value is -1.59. The monoisotopic (exact) mass is 338 g/mol. The molecule has 0 spiro atoms. The van der Waals surface area contributed by atoms with Gasteiger partial charge in [-0.2, -0.15) is 0 Å². The number of nitrogens with zero attached hydrogens (tertiary/aromatic N) is 1. The number of ether oxygens (including phenoxy) is 1. The summed E-state index contributed by atoms with van der Waals surface area (Å²) in [5, 5.41) is 3.00. The second kappa shape index (κ2) is 8.49. The van der Waals surface area contributed by atoms with Crippen molar-refractivity contribution in [2.75, 3.05) is 19.7 Å². The maximum atomic E-state index is 12.1. The minimum Gasteiger partial charge on any atom is -0.455 e. The molecule has 1 aliphatic carbocycles. The lowest BCUT2D eigenvalue weighted by Gasteiger charge is -2.34. The highest BCUT2D eigenvalue weighted by Gasteiger charge is 2.30. The van der Waals surface area contributed by atoms with Crippen LogP contribution in [0, 0.1) is 17.8 Å². The first-order chi connectivity index (χ1) is 11.4. The molecular weight excluding hydrogens is 308 g/mol. The van der Waals surface area contributed by atoms with Crippen molar-refractivity contribution < 1.29 is 19.1 Å². The largest absolute Gasteiger partial charge is 0.455 e. The molecule has 1 aliphatic heterocycles. The minimum atomic E-state index is -0.374.